The molecule has 1 aliphatic rings. The van der Waals surface area contributed by atoms with Crippen molar-refractivity contribution in [3.63, 3.8) is 0 Å². The minimum absolute atomic E-state index is 0.237. The predicted octanol–water partition coefficient (Wildman–Crippen LogP) is 4.62. The van der Waals surface area contributed by atoms with Gasteiger partial charge in [0.1, 0.15) is 11.3 Å². The Hall–Kier alpha value is -0.540. The van der Waals surface area contributed by atoms with Crippen molar-refractivity contribution in [2.24, 2.45) is 0 Å². The average molecular weight is 314 g/mol. The zero-order valence-electron chi connectivity index (χ0n) is 7.13. The monoisotopic (exact) mass is 312 g/mol. The summed E-state index contributed by atoms with van der Waals surface area (Å²) in [5.41, 5.74) is 2.19. The van der Waals surface area contributed by atoms with Gasteiger partial charge in [-0.2, -0.15) is 0 Å². The van der Waals surface area contributed by atoms with Gasteiger partial charge in [0.15, 0.2) is 0 Å². The molecule has 0 N–H and O–H groups in total. The Morgan fingerprint density at radius 3 is 2.86 bits per heavy atom. The molecule has 1 aliphatic carbocycles. The summed E-state index contributed by atoms with van der Waals surface area (Å²) in [6.07, 6.45) is 2.02. The molecule has 1 atom stereocenters. The van der Waals surface area contributed by atoms with Crippen molar-refractivity contribution in [3.8, 4) is 0 Å². The summed E-state index contributed by atoms with van der Waals surface area (Å²) in [5, 5.41) is 1.19. The molecule has 0 radical (unpaired) electrons. The molecule has 70 valence electrons. The molecule has 14 heavy (non-hydrogen) atoms. The van der Waals surface area contributed by atoms with Gasteiger partial charge < -0.3 is 4.42 Å². The molecule has 2 aromatic rings. The number of furan rings is 1. The number of fused-ring (bicyclic) bond motifs is 3. The molecular weight excluding hydrogens is 308 g/mol. The maximum atomic E-state index is 5.71. The number of allylic oxidation sites excluding steroid dienone is 1. The van der Waals surface area contributed by atoms with Crippen LogP contribution >= 0.6 is 31.9 Å². The molecule has 1 aromatic carbocycles. The lowest BCUT2D eigenvalue weighted by atomic mass is 10.1. The third kappa shape index (κ3) is 1.06. The number of benzene rings is 1. The Labute approximate surface area is 98.0 Å². The fraction of sp³-hybridized carbons (Fsp3) is 0.0909. The third-order valence-electron chi connectivity index (χ3n) is 2.43. The Balaban J connectivity index is 2.39. The molecule has 1 heterocycles. The van der Waals surface area contributed by atoms with Gasteiger partial charge in [0.25, 0.3) is 0 Å². The summed E-state index contributed by atoms with van der Waals surface area (Å²) < 4.78 is 6.84. The van der Waals surface area contributed by atoms with Crippen LogP contribution in [0.2, 0.25) is 0 Å². The van der Waals surface area contributed by atoms with E-state index in [1.54, 1.807) is 0 Å². The van der Waals surface area contributed by atoms with Gasteiger partial charge in [-0.15, -0.1) is 0 Å². The van der Waals surface area contributed by atoms with Gasteiger partial charge in [-0.05, 0) is 12.1 Å². The maximum absolute atomic E-state index is 5.71. The molecule has 0 saturated carbocycles. The topological polar surface area (TPSA) is 13.1 Å². The van der Waals surface area contributed by atoms with Crippen molar-refractivity contribution < 1.29 is 4.42 Å². The number of rotatable bonds is 0. The Morgan fingerprint density at radius 2 is 2.00 bits per heavy atom. The lowest BCUT2D eigenvalue weighted by Crippen LogP contribution is -1.82. The lowest BCUT2D eigenvalue weighted by molar-refractivity contribution is 0.602. The van der Waals surface area contributed by atoms with E-state index in [0.29, 0.717) is 0 Å². The highest BCUT2D eigenvalue weighted by Crippen LogP contribution is 2.47. The quantitative estimate of drug-likeness (QED) is 0.647. The third-order valence-corrected chi connectivity index (χ3v) is 4.68. The Morgan fingerprint density at radius 1 is 1.21 bits per heavy atom. The van der Waals surface area contributed by atoms with Gasteiger partial charge in [-0.1, -0.05) is 50.1 Å². The summed E-state index contributed by atoms with van der Waals surface area (Å²) in [7, 11) is 0. The SMILES string of the molecule is BrC1=Cc2oc3ccccc3c2C1Br. The van der Waals surface area contributed by atoms with Crippen LogP contribution in [0.4, 0.5) is 0 Å². The molecule has 0 bridgehead atoms. The van der Waals surface area contributed by atoms with Crippen LogP contribution in [0.3, 0.4) is 0 Å². The fourth-order valence-corrected chi connectivity index (χ4v) is 2.83. The highest BCUT2D eigenvalue weighted by atomic mass is 79.9. The second kappa shape index (κ2) is 2.97. The smallest absolute Gasteiger partial charge is 0.135 e. The van der Waals surface area contributed by atoms with Crippen LogP contribution in [0, 0.1) is 0 Å². The first-order chi connectivity index (χ1) is 6.77. The van der Waals surface area contributed by atoms with Crippen molar-refractivity contribution in [1.82, 2.24) is 0 Å². The van der Waals surface area contributed by atoms with E-state index < -0.39 is 0 Å². The molecule has 0 fully saturated rings. The van der Waals surface area contributed by atoms with Crippen molar-refractivity contribution >= 4 is 48.9 Å². The molecule has 0 amide bonds. The van der Waals surface area contributed by atoms with E-state index in [4.69, 9.17) is 4.42 Å². The first-order valence-electron chi connectivity index (χ1n) is 4.30. The lowest BCUT2D eigenvalue weighted by Gasteiger charge is -2.00. The molecule has 1 aromatic heterocycles. The van der Waals surface area contributed by atoms with E-state index in [1.165, 1.54) is 10.9 Å². The van der Waals surface area contributed by atoms with E-state index in [-0.39, 0.29) is 4.83 Å². The molecule has 3 rings (SSSR count). The number of hydrogen-bond donors (Lipinski definition) is 0. The first kappa shape index (κ1) is 8.74. The fourth-order valence-electron chi connectivity index (χ4n) is 1.79. The van der Waals surface area contributed by atoms with E-state index in [1.807, 2.05) is 24.3 Å². The van der Waals surface area contributed by atoms with Crippen LogP contribution in [0.15, 0.2) is 33.2 Å². The zero-order chi connectivity index (χ0) is 9.71. The minimum Gasteiger partial charge on any atom is -0.456 e. The van der Waals surface area contributed by atoms with E-state index in [0.717, 1.165) is 15.8 Å². The average Bonchev–Trinajstić information content (AvgIpc) is 2.65. The van der Waals surface area contributed by atoms with E-state index >= 15 is 0 Å². The van der Waals surface area contributed by atoms with Crippen LogP contribution in [0.1, 0.15) is 16.2 Å². The minimum atomic E-state index is 0.237. The summed E-state index contributed by atoms with van der Waals surface area (Å²) in [5.74, 6) is 0.958. The maximum Gasteiger partial charge on any atom is 0.135 e. The highest BCUT2D eigenvalue weighted by molar-refractivity contribution is 9.13. The number of para-hydroxylation sites is 1. The second-order valence-corrected chi connectivity index (χ2v) is 5.10. The van der Waals surface area contributed by atoms with Crippen molar-refractivity contribution in [2.75, 3.05) is 0 Å². The van der Waals surface area contributed by atoms with Gasteiger partial charge in [0.2, 0.25) is 0 Å². The summed E-state index contributed by atoms with van der Waals surface area (Å²) in [6.45, 7) is 0. The molecule has 3 heteroatoms. The summed E-state index contributed by atoms with van der Waals surface area (Å²) >= 11 is 7.13. The van der Waals surface area contributed by atoms with Crippen LogP contribution in [-0.4, -0.2) is 0 Å². The molecule has 0 saturated heterocycles. The van der Waals surface area contributed by atoms with Gasteiger partial charge in [-0.3, -0.25) is 0 Å². The molecule has 0 spiro atoms. The number of alkyl halides is 1. The standard InChI is InChI=1S/C11H6Br2O/c12-7-5-9-10(11(7)13)6-3-1-2-4-8(6)14-9/h1-5,11H. The Kier molecular flexibility index (Phi) is 1.86. The van der Waals surface area contributed by atoms with Gasteiger partial charge >= 0.3 is 0 Å². The predicted molar refractivity (Wildman–Crippen MR) is 64.8 cm³/mol. The van der Waals surface area contributed by atoms with Crippen molar-refractivity contribution in [2.45, 2.75) is 4.83 Å². The zero-order valence-corrected chi connectivity index (χ0v) is 10.3. The van der Waals surface area contributed by atoms with Crippen molar-refractivity contribution in [3.05, 3.63) is 40.1 Å². The van der Waals surface area contributed by atoms with E-state index in [9.17, 15) is 0 Å². The van der Waals surface area contributed by atoms with E-state index in [2.05, 4.69) is 37.9 Å². The summed E-state index contributed by atoms with van der Waals surface area (Å²) in [4.78, 5) is 0.237. The molecule has 0 aliphatic heterocycles. The number of halogens is 2. The molecule has 1 unspecified atom stereocenters. The Bertz CT molecular complexity index is 539. The normalized spacial score (nSPS) is 19.9. The van der Waals surface area contributed by atoms with Crippen LogP contribution in [-0.2, 0) is 0 Å². The first-order valence-corrected chi connectivity index (χ1v) is 6.01. The largest absolute Gasteiger partial charge is 0.456 e. The van der Waals surface area contributed by atoms with Gasteiger partial charge in [0, 0.05) is 15.4 Å². The van der Waals surface area contributed by atoms with Crippen molar-refractivity contribution in [1.29, 1.82) is 0 Å². The molecular formula is C11H6Br2O. The van der Waals surface area contributed by atoms with Gasteiger partial charge in [-0.25, -0.2) is 0 Å². The highest BCUT2D eigenvalue weighted by Gasteiger charge is 2.27. The van der Waals surface area contributed by atoms with Crippen LogP contribution in [0.25, 0.3) is 17.0 Å². The molecule has 1 nitrogen and oxygen atoms in total. The van der Waals surface area contributed by atoms with Crippen LogP contribution in [0.5, 0.6) is 0 Å². The second-order valence-electron chi connectivity index (χ2n) is 3.27. The van der Waals surface area contributed by atoms with Crippen LogP contribution < -0.4 is 0 Å². The van der Waals surface area contributed by atoms with Gasteiger partial charge in [0.05, 0.1) is 4.83 Å². The number of hydrogen-bond acceptors (Lipinski definition) is 1. The summed E-state index contributed by atoms with van der Waals surface area (Å²) in [6, 6.07) is 8.10.